The van der Waals surface area contributed by atoms with Crippen LogP contribution in [0.2, 0.25) is 18.1 Å². The lowest BCUT2D eigenvalue weighted by Crippen LogP contribution is -2.40. The van der Waals surface area contributed by atoms with Crippen LogP contribution in [0.3, 0.4) is 0 Å². The zero-order valence-electron chi connectivity index (χ0n) is 17.9. The second-order valence-electron chi connectivity index (χ2n) is 9.41. The summed E-state index contributed by atoms with van der Waals surface area (Å²) in [6, 6.07) is 5.77. The van der Waals surface area contributed by atoms with Crippen molar-refractivity contribution in [3.63, 3.8) is 0 Å². The standard InChI is InChI=1S/C20H36N2O3Si/c1-19(2,3)25-18(23)22(7)13-16-12-17(21)11-10-15(16)14-24-26(8,9)20(4,5)6/h10-12H,13-14,21H2,1-9H3. The molecule has 2 N–H and O–H groups in total. The maximum atomic E-state index is 12.3. The van der Waals surface area contributed by atoms with Gasteiger partial charge in [-0.1, -0.05) is 26.8 Å². The number of nitrogen functional groups attached to an aromatic ring is 1. The van der Waals surface area contributed by atoms with E-state index in [4.69, 9.17) is 14.9 Å². The molecule has 0 bridgehead atoms. The van der Waals surface area contributed by atoms with E-state index in [1.807, 2.05) is 39.0 Å². The fraction of sp³-hybridized carbons (Fsp3) is 0.650. The van der Waals surface area contributed by atoms with Crippen LogP contribution < -0.4 is 5.73 Å². The fourth-order valence-corrected chi connectivity index (χ4v) is 3.02. The Labute approximate surface area is 160 Å². The molecule has 0 aromatic heterocycles. The van der Waals surface area contributed by atoms with Crippen molar-refractivity contribution in [1.82, 2.24) is 4.90 Å². The van der Waals surface area contributed by atoms with Crippen LogP contribution in [0.25, 0.3) is 0 Å². The van der Waals surface area contributed by atoms with Crippen LogP contribution in [0.5, 0.6) is 0 Å². The molecule has 0 saturated heterocycles. The lowest BCUT2D eigenvalue weighted by molar-refractivity contribution is 0.0284. The molecule has 0 aliphatic rings. The molecule has 0 radical (unpaired) electrons. The Morgan fingerprint density at radius 1 is 1.12 bits per heavy atom. The average molecular weight is 381 g/mol. The number of anilines is 1. The zero-order valence-corrected chi connectivity index (χ0v) is 18.9. The number of carbonyl (C=O) groups excluding carboxylic acids is 1. The Morgan fingerprint density at radius 2 is 1.69 bits per heavy atom. The number of hydrogen-bond acceptors (Lipinski definition) is 4. The number of rotatable bonds is 5. The lowest BCUT2D eigenvalue weighted by atomic mass is 10.1. The van der Waals surface area contributed by atoms with Crippen molar-refractivity contribution in [3.8, 4) is 0 Å². The zero-order chi connectivity index (χ0) is 20.3. The van der Waals surface area contributed by atoms with E-state index in [0.717, 1.165) is 11.1 Å². The molecule has 1 aromatic rings. The summed E-state index contributed by atoms with van der Waals surface area (Å²) < 4.78 is 11.8. The molecule has 0 fully saturated rings. The molecule has 0 aliphatic heterocycles. The summed E-state index contributed by atoms with van der Waals surface area (Å²) in [5, 5.41) is 0.147. The summed E-state index contributed by atoms with van der Waals surface area (Å²) in [5.41, 5.74) is 8.16. The second kappa shape index (κ2) is 8.01. The van der Waals surface area contributed by atoms with Crippen LogP contribution in [0.4, 0.5) is 10.5 Å². The number of carbonyl (C=O) groups is 1. The molecule has 5 nitrogen and oxygen atoms in total. The van der Waals surface area contributed by atoms with Crippen molar-refractivity contribution < 1.29 is 14.0 Å². The molecule has 1 rings (SSSR count). The van der Waals surface area contributed by atoms with Gasteiger partial charge in [0.05, 0.1) is 6.61 Å². The van der Waals surface area contributed by atoms with Gasteiger partial charge in [0.1, 0.15) is 5.60 Å². The number of amides is 1. The van der Waals surface area contributed by atoms with Gasteiger partial charge in [0.2, 0.25) is 0 Å². The van der Waals surface area contributed by atoms with E-state index in [2.05, 4.69) is 33.9 Å². The van der Waals surface area contributed by atoms with E-state index in [9.17, 15) is 4.79 Å². The molecule has 0 heterocycles. The Hall–Kier alpha value is -1.53. The van der Waals surface area contributed by atoms with E-state index in [0.29, 0.717) is 18.8 Å². The van der Waals surface area contributed by atoms with E-state index in [1.54, 1.807) is 11.9 Å². The molecule has 0 aliphatic carbocycles. The third-order valence-corrected chi connectivity index (χ3v) is 9.22. The van der Waals surface area contributed by atoms with E-state index in [-0.39, 0.29) is 11.1 Å². The highest BCUT2D eigenvalue weighted by molar-refractivity contribution is 6.74. The Balaban J connectivity index is 2.93. The third-order valence-electron chi connectivity index (χ3n) is 4.74. The minimum absolute atomic E-state index is 0.147. The molecule has 1 amide bonds. The maximum absolute atomic E-state index is 12.3. The predicted octanol–water partition coefficient (Wildman–Crippen LogP) is 5.16. The Kier molecular flexibility index (Phi) is 6.93. The highest BCUT2D eigenvalue weighted by Gasteiger charge is 2.37. The summed E-state index contributed by atoms with van der Waals surface area (Å²) >= 11 is 0. The minimum Gasteiger partial charge on any atom is -0.444 e. The molecule has 148 valence electrons. The molecule has 0 spiro atoms. The van der Waals surface area contributed by atoms with Gasteiger partial charge in [-0.05, 0) is 62.2 Å². The first-order chi connectivity index (χ1) is 11.6. The molecule has 0 unspecified atom stereocenters. The quantitative estimate of drug-likeness (QED) is 0.566. The number of benzene rings is 1. The first kappa shape index (κ1) is 22.5. The topological polar surface area (TPSA) is 64.8 Å². The summed E-state index contributed by atoms with van der Waals surface area (Å²) in [6.07, 6.45) is -0.351. The van der Waals surface area contributed by atoms with Gasteiger partial charge in [-0.15, -0.1) is 0 Å². The third kappa shape index (κ3) is 6.65. The van der Waals surface area contributed by atoms with Gasteiger partial charge in [-0.3, -0.25) is 0 Å². The van der Waals surface area contributed by atoms with Crippen LogP contribution in [0.1, 0.15) is 52.7 Å². The largest absolute Gasteiger partial charge is 0.444 e. The Morgan fingerprint density at radius 3 is 2.19 bits per heavy atom. The first-order valence-electron chi connectivity index (χ1n) is 9.08. The van der Waals surface area contributed by atoms with Crippen LogP contribution in [-0.4, -0.2) is 32.0 Å². The number of ether oxygens (including phenoxy) is 1. The number of nitrogens with two attached hydrogens (primary N) is 1. The van der Waals surface area contributed by atoms with Gasteiger partial charge in [0.25, 0.3) is 0 Å². The van der Waals surface area contributed by atoms with Gasteiger partial charge in [0.15, 0.2) is 8.32 Å². The van der Waals surface area contributed by atoms with Crippen molar-refractivity contribution in [2.24, 2.45) is 0 Å². The molecule has 0 atom stereocenters. The van der Waals surface area contributed by atoms with Gasteiger partial charge in [0, 0.05) is 19.3 Å². The van der Waals surface area contributed by atoms with Crippen molar-refractivity contribution in [1.29, 1.82) is 0 Å². The molecular formula is C20H36N2O3Si. The van der Waals surface area contributed by atoms with Crippen LogP contribution in [0.15, 0.2) is 18.2 Å². The maximum Gasteiger partial charge on any atom is 0.410 e. The number of hydrogen-bond donors (Lipinski definition) is 1. The van der Waals surface area contributed by atoms with Crippen LogP contribution in [0, 0.1) is 0 Å². The summed E-state index contributed by atoms with van der Waals surface area (Å²) in [5.74, 6) is 0. The molecular weight excluding hydrogens is 344 g/mol. The van der Waals surface area contributed by atoms with Crippen molar-refractivity contribution in [2.75, 3.05) is 12.8 Å². The van der Waals surface area contributed by atoms with Crippen molar-refractivity contribution in [3.05, 3.63) is 29.3 Å². The molecule has 1 aromatic carbocycles. The molecule has 26 heavy (non-hydrogen) atoms. The van der Waals surface area contributed by atoms with Crippen LogP contribution in [-0.2, 0) is 22.3 Å². The summed E-state index contributed by atoms with van der Waals surface area (Å²) in [7, 11) is -0.122. The highest BCUT2D eigenvalue weighted by atomic mass is 28.4. The second-order valence-corrected chi connectivity index (χ2v) is 14.2. The van der Waals surface area contributed by atoms with Gasteiger partial charge >= 0.3 is 6.09 Å². The highest BCUT2D eigenvalue weighted by Crippen LogP contribution is 2.37. The summed E-state index contributed by atoms with van der Waals surface area (Å²) in [4.78, 5) is 13.8. The lowest BCUT2D eigenvalue weighted by Gasteiger charge is -2.36. The van der Waals surface area contributed by atoms with Crippen molar-refractivity contribution >= 4 is 20.1 Å². The van der Waals surface area contributed by atoms with E-state index >= 15 is 0 Å². The smallest absolute Gasteiger partial charge is 0.410 e. The van der Waals surface area contributed by atoms with E-state index in [1.165, 1.54) is 0 Å². The van der Waals surface area contributed by atoms with Gasteiger partial charge in [-0.2, -0.15) is 0 Å². The monoisotopic (exact) mass is 380 g/mol. The van der Waals surface area contributed by atoms with Crippen molar-refractivity contribution in [2.45, 2.75) is 78.4 Å². The molecule has 6 heteroatoms. The first-order valence-corrected chi connectivity index (χ1v) is 12.0. The normalized spacial score (nSPS) is 12.8. The number of nitrogens with zero attached hydrogens (tertiary/aromatic N) is 1. The van der Waals surface area contributed by atoms with Gasteiger partial charge in [-0.25, -0.2) is 4.79 Å². The van der Waals surface area contributed by atoms with Crippen LogP contribution >= 0.6 is 0 Å². The fourth-order valence-electron chi connectivity index (χ4n) is 2.07. The molecule has 0 saturated carbocycles. The predicted molar refractivity (Wildman–Crippen MR) is 111 cm³/mol. The minimum atomic E-state index is -1.85. The van der Waals surface area contributed by atoms with E-state index < -0.39 is 13.9 Å². The van der Waals surface area contributed by atoms with Gasteiger partial charge < -0.3 is 19.8 Å². The average Bonchev–Trinajstić information content (AvgIpc) is 2.43. The summed E-state index contributed by atoms with van der Waals surface area (Å²) in [6.45, 7) is 17.7. The Bertz CT molecular complexity index is 631. The SMILES string of the molecule is CN(Cc1cc(N)ccc1CO[Si](C)(C)C(C)(C)C)C(=O)OC(C)(C)C.